The molecule has 12 heteroatoms. The van der Waals surface area contributed by atoms with Crippen molar-refractivity contribution in [2.24, 2.45) is 0 Å². The lowest BCUT2D eigenvalue weighted by atomic mass is 10.0. The van der Waals surface area contributed by atoms with Crippen molar-refractivity contribution < 1.29 is 45.4 Å². The van der Waals surface area contributed by atoms with E-state index in [0.29, 0.717) is 0 Å². The van der Waals surface area contributed by atoms with E-state index in [1.807, 2.05) is 0 Å². The highest BCUT2D eigenvalue weighted by Gasteiger charge is 2.31. The number of carbonyl (C=O) groups is 2. The van der Waals surface area contributed by atoms with Crippen molar-refractivity contribution in [2.45, 2.75) is 26.2 Å². The number of esters is 2. The molecule has 202 valence electrons. The normalized spacial score (nSPS) is 11.6. The lowest BCUT2D eigenvalue weighted by Crippen LogP contribution is -2.13. The minimum Gasteiger partial charge on any atom is -0.462 e. The fourth-order valence-electron chi connectivity index (χ4n) is 3.36. The first-order valence-corrected chi connectivity index (χ1v) is 11.2. The second-order valence-electron chi connectivity index (χ2n) is 7.78. The first-order valence-electron chi connectivity index (χ1n) is 11.2. The highest BCUT2D eigenvalue weighted by Crippen LogP contribution is 2.35. The molecule has 0 spiro atoms. The molecule has 0 radical (unpaired) electrons. The summed E-state index contributed by atoms with van der Waals surface area (Å²) in [7, 11) is 0. The summed E-state index contributed by atoms with van der Waals surface area (Å²) < 4.78 is 87.7. The summed E-state index contributed by atoms with van der Waals surface area (Å²) in [5.74, 6) is -1.62. The summed E-state index contributed by atoms with van der Waals surface area (Å²) in [5, 5.41) is 5.63. The van der Waals surface area contributed by atoms with E-state index in [-0.39, 0.29) is 47.1 Å². The molecule has 0 bridgehead atoms. The van der Waals surface area contributed by atoms with Crippen molar-refractivity contribution >= 4 is 34.7 Å². The van der Waals surface area contributed by atoms with Crippen molar-refractivity contribution in [2.75, 3.05) is 23.8 Å². The lowest BCUT2D eigenvalue weighted by Gasteiger charge is -2.18. The van der Waals surface area contributed by atoms with Gasteiger partial charge in [-0.05, 0) is 74.5 Å². The van der Waals surface area contributed by atoms with E-state index in [9.17, 15) is 35.9 Å². The number of hydrogen-bond donors (Lipinski definition) is 2. The molecule has 0 amide bonds. The molecule has 2 N–H and O–H groups in total. The number of nitrogens with one attached hydrogen (secondary N) is 2. The van der Waals surface area contributed by atoms with Crippen LogP contribution in [0.1, 0.15) is 45.7 Å². The van der Waals surface area contributed by atoms with Gasteiger partial charge in [-0.2, -0.15) is 26.3 Å². The summed E-state index contributed by atoms with van der Waals surface area (Å²) in [6.45, 7) is 3.13. The van der Waals surface area contributed by atoms with Crippen molar-refractivity contribution in [3.63, 3.8) is 0 Å². The van der Waals surface area contributed by atoms with Crippen LogP contribution >= 0.6 is 0 Å². The maximum atomic E-state index is 12.9. The number of carbonyl (C=O) groups excluding carboxylic acids is 2. The van der Waals surface area contributed by atoms with Gasteiger partial charge in [-0.3, -0.25) is 0 Å². The molecule has 0 unspecified atom stereocenters. The van der Waals surface area contributed by atoms with Crippen molar-refractivity contribution in [3.05, 3.63) is 82.9 Å². The third-order valence-corrected chi connectivity index (χ3v) is 5.13. The molecule has 0 aromatic heterocycles. The Kier molecular flexibility index (Phi) is 8.54. The van der Waals surface area contributed by atoms with Crippen molar-refractivity contribution in [1.29, 1.82) is 0 Å². The van der Waals surface area contributed by atoms with Crippen LogP contribution in [0.3, 0.4) is 0 Å². The maximum absolute atomic E-state index is 12.9. The van der Waals surface area contributed by atoms with E-state index in [4.69, 9.17) is 9.47 Å². The Hall–Kier alpha value is -4.22. The van der Waals surface area contributed by atoms with Crippen LogP contribution in [0.5, 0.6) is 0 Å². The van der Waals surface area contributed by atoms with Gasteiger partial charge in [0.1, 0.15) is 0 Å². The fraction of sp³-hybridized carbons (Fsp3) is 0.231. The summed E-state index contributed by atoms with van der Waals surface area (Å²) in [6, 6.07) is 10.5. The Morgan fingerprint density at radius 3 is 1.21 bits per heavy atom. The molecule has 0 saturated heterocycles. The summed E-state index contributed by atoms with van der Waals surface area (Å²) >= 11 is 0. The second kappa shape index (κ2) is 11.4. The monoisotopic (exact) mass is 540 g/mol. The van der Waals surface area contributed by atoms with E-state index in [1.165, 1.54) is 12.1 Å². The zero-order chi connectivity index (χ0) is 28.1. The predicted molar refractivity (Wildman–Crippen MR) is 128 cm³/mol. The molecule has 3 aromatic carbocycles. The lowest BCUT2D eigenvalue weighted by molar-refractivity contribution is -0.138. The fourth-order valence-corrected chi connectivity index (χ4v) is 3.36. The van der Waals surface area contributed by atoms with Gasteiger partial charge in [-0.1, -0.05) is 0 Å². The molecule has 0 saturated carbocycles. The van der Waals surface area contributed by atoms with Gasteiger partial charge in [0.25, 0.3) is 0 Å². The Labute approximate surface area is 213 Å². The van der Waals surface area contributed by atoms with Gasteiger partial charge >= 0.3 is 24.3 Å². The summed E-state index contributed by atoms with van der Waals surface area (Å²) in [4.78, 5) is 25.5. The van der Waals surface area contributed by atoms with Crippen LogP contribution in [0.4, 0.5) is 49.1 Å². The number of benzene rings is 3. The Balaban J connectivity index is 2.07. The highest BCUT2D eigenvalue weighted by atomic mass is 19.4. The number of rotatable bonds is 8. The molecule has 6 nitrogen and oxygen atoms in total. The minimum atomic E-state index is -4.54. The molecular formula is C26H22F6N2O4. The number of hydrogen-bond acceptors (Lipinski definition) is 6. The van der Waals surface area contributed by atoms with E-state index in [1.54, 1.807) is 13.8 Å². The zero-order valence-corrected chi connectivity index (χ0v) is 20.1. The zero-order valence-electron chi connectivity index (χ0n) is 20.1. The van der Waals surface area contributed by atoms with Gasteiger partial charge in [0, 0.05) is 11.4 Å². The maximum Gasteiger partial charge on any atom is 0.416 e. The van der Waals surface area contributed by atoms with E-state index < -0.39 is 35.4 Å². The van der Waals surface area contributed by atoms with Gasteiger partial charge < -0.3 is 20.1 Å². The third kappa shape index (κ3) is 6.96. The van der Waals surface area contributed by atoms with Crippen LogP contribution in [-0.2, 0) is 21.8 Å². The number of alkyl halides is 6. The van der Waals surface area contributed by atoms with Gasteiger partial charge in [-0.25, -0.2) is 9.59 Å². The molecule has 3 rings (SSSR count). The minimum absolute atomic E-state index is 0.000152. The molecule has 38 heavy (non-hydrogen) atoms. The Bertz CT molecular complexity index is 1190. The van der Waals surface area contributed by atoms with Crippen LogP contribution in [0.15, 0.2) is 60.7 Å². The molecule has 0 aliphatic carbocycles. The topological polar surface area (TPSA) is 76.7 Å². The standard InChI is InChI=1S/C26H22F6N2O4/c1-3-37-23(35)19-13-22(34-18-11-7-16(8-12-18)26(30,31)32)20(24(36)38-4-2)14-21(19)33-17-9-5-15(6-10-17)25(27,28)29/h5-14,33-34H,3-4H2,1-2H3. The SMILES string of the molecule is CCOC(=O)c1cc(Nc2ccc(C(F)(F)F)cc2)c(C(=O)OCC)cc1Nc1ccc(C(F)(F)F)cc1. The molecule has 0 aliphatic heterocycles. The molecule has 3 aromatic rings. The Morgan fingerprint density at radius 2 is 0.947 bits per heavy atom. The van der Waals surface area contributed by atoms with Gasteiger partial charge in [0.2, 0.25) is 0 Å². The van der Waals surface area contributed by atoms with Crippen LogP contribution in [-0.4, -0.2) is 25.2 Å². The number of ether oxygens (including phenoxy) is 2. The molecule has 0 aliphatic rings. The van der Waals surface area contributed by atoms with Crippen LogP contribution in [0, 0.1) is 0 Å². The van der Waals surface area contributed by atoms with Crippen molar-refractivity contribution in [3.8, 4) is 0 Å². The largest absolute Gasteiger partial charge is 0.462 e. The quantitative estimate of drug-likeness (QED) is 0.227. The molecular weight excluding hydrogens is 518 g/mol. The first-order chi connectivity index (χ1) is 17.8. The van der Waals surface area contributed by atoms with Crippen LogP contribution in [0.25, 0.3) is 0 Å². The molecule has 0 fully saturated rings. The third-order valence-electron chi connectivity index (χ3n) is 5.13. The van der Waals surface area contributed by atoms with Crippen LogP contribution in [0.2, 0.25) is 0 Å². The van der Waals surface area contributed by atoms with E-state index >= 15 is 0 Å². The summed E-state index contributed by atoms with van der Waals surface area (Å²) in [5.41, 5.74) is -1.51. The first kappa shape index (κ1) is 28.4. The average molecular weight is 540 g/mol. The second-order valence-corrected chi connectivity index (χ2v) is 7.78. The predicted octanol–water partition coefficient (Wildman–Crippen LogP) is 7.56. The van der Waals surface area contributed by atoms with Gasteiger partial charge in [0.05, 0.1) is 46.8 Å². The number of anilines is 4. The van der Waals surface area contributed by atoms with Gasteiger partial charge in [0.15, 0.2) is 0 Å². The highest BCUT2D eigenvalue weighted by molar-refractivity contribution is 6.04. The molecule has 0 heterocycles. The Morgan fingerprint density at radius 1 is 0.632 bits per heavy atom. The van der Waals surface area contributed by atoms with Crippen molar-refractivity contribution in [1.82, 2.24) is 0 Å². The molecule has 0 atom stereocenters. The summed E-state index contributed by atoms with van der Waals surface area (Å²) in [6.07, 6.45) is -9.09. The van der Waals surface area contributed by atoms with Crippen LogP contribution < -0.4 is 10.6 Å². The van der Waals surface area contributed by atoms with Gasteiger partial charge in [-0.15, -0.1) is 0 Å². The average Bonchev–Trinajstić information content (AvgIpc) is 2.84. The smallest absolute Gasteiger partial charge is 0.416 e. The number of halogens is 6. The van der Waals surface area contributed by atoms with E-state index in [2.05, 4.69) is 10.6 Å². The van der Waals surface area contributed by atoms with E-state index in [0.717, 1.165) is 48.5 Å².